The first kappa shape index (κ1) is 20.5. The van der Waals surface area contributed by atoms with Crippen LogP contribution in [0.25, 0.3) is 6.08 Å². The third-order valence-corrected chi connectivity index (χ3v) is 6.84. The van der Waals surface area contributed by atoms with Gasteiger partial charge in [-0.15, -0.1) is 11.3 Å². The van der Waals surface area contributed by atoms with Crippen LogP contribution in [-0.4, -0.2) is 32.1 Å². The zero-order chi connectivity index (χ0) is 21.1. The van der Waals surface area contributed by atoms with Gasteiger partial charge in [0.2, 0.25) is 0 Å². The van der Waals surface area contributed by atoms with Gasteiger partial charge in [0, 0.05) is 16.5 Å². The molecule has 2 amide bonds. The lowest BCUT2D eigenvalue weighted by molar-refractivity contribution is -0.118. The Hall–Kier alpha value is -2.80. The molecule has 7 heteroatoms. The van der Waals surface area contributed by atoms with Crippen molar-refractivity contribution in [3.8, 4) is 11.5 Å². The van der Waals surface area contributed by atoms with Crippen molar-refractivity contribution in [2.75, 3.05) is 14.2 Å². The minimum absolute atomic E-state index is 0.195. The van der Waals surface area contributed by atoms with Gasteiger partial charge in [0.15, 0.2) is 11.5 Å². The molecule has 0 aliphatic heterocycles. The van der Waals surface area contributed by atoms with Crippen LogP contribution in [0.1, 0.15) is 40.9 Å². The van der Waals surface area contributed by atoms with E-state index in [9.17, 15) is 9.59 Å². The quantitative estimate of drug-likeness (QED) is 0.660. The SMILES string of the molecule is COc1ccc(C(=O)N/C(=C\c2cccs2)C(=O)N[C@H]2C[C@H]3CC[C@H]2C3)cc1OC. The number of benzene rings is 1. The molecule has 0 saturated heterocycles. The predicted molar refractivity (Wildman–Crippen MR) is 117 cm³/mol. The van der Waals surface area contributed by atoms with E-state index in [1.807, 2.05) is 17.5 Å². The summed E-state index contributed by atoms with van der Waals surface area (Å²) in [5.74, 6) is 1.67. The zero-order valence-corrected chi connectivity index (χ0v) is 18.0. The highest BCUT2D eigenvalue weighted by Gasteiger charge is 2.40. The van der Waals surface area contributed by atoms with Gasteiger partial charge in [-0.25, -0.2) is 0 Å². The molecule has 6 nitrogen and oxygen atoms in total. The Kier molecular flexibility index (Phi) is 6.08. The molecule has 2 bridgehead atoms. The van der Waals surface area contributed by atoms with Crippen molar-refractivity contribution >= 4 is 29.2 Å². The van der Waals surface area contributed by atoms with E-state index in [2.05, 4.69) is 10.6 Å². The number of ether oxygens (including phenoxy) is 2. The average molecular weight is 427 g/mol. The van der Waals surface area contributed by atoms with Crippen molar-refractivity contribution < 1.29 is 19.1 Å². The maximum absolute atomic E-state index is 13.1. The molecule has 1 heterocycles. The van der Waals surface area contributed by atoms with Gasteiger partial charge in [-0.1, -0.05) is 12.5 Å². The Labute approximate surface area is 180 Å². The van der Waals surface area contributed by atoms with E-state index in [1.54, 1.807) is 31.4 Å². The Bertz CT molecular complexity index is 954. The number of rotatable bonds is 7. The summed E-state index contributed by atoms with van der Waals surface area (Å²) in [6.45, 7) is 0. The van der Waals surface area contributed by atoms with Gasteiger partial charge in [0.1, 0.15) is 5.70 Å². The number of nitrogens with one attached hydrogen (secondary N) is 2. The number of fused-ring (bicyclic) bond motifs is 2. The van der Waals surface area contributed by atoms with Gasteiger partial charge in [0.25, 0.3) is 11.8 Å². The summed E-state index contributed by atoms with van der Waals surface area (Å²) < 4.78 is 10.5. The van der Waals surface area contributed by atoms with E-state index in [4.69, 9.17) is 9.47 Å². The molecule has 30 heavy (non-hydrogen) atoms. The van der Waals surface area contributed by atoms with Crippen molar-refractivity contribution in [2.24, 2.45) is 11.8 Å². The first-order chi connectivity index (χ1) is 14.6. The minimum Gasteiger partial charge on any atom is -0.493 e. The largest absolute Gasteiger partial charge is 0.493 e. The van der Waals surface area contributed by atoms with Crippen molar-refractivity contribution in [3.05, 3.63) is 51.8 Å². The van der Waals surface area contributed by atoms with E-state index in [1.165, 1.54) is 37.7 Å². The van der Waals surface area contributed by atoms with Crippen LogP contribution in [-0.2, 0) is 4.79 Å². The van der Waals surface area contributed by atoms with Crippen molar-refractivity contribution in [1.29, 1.82) is 0 Å². The van der Waals surface area contributed by atoms with Crippen LogP contribution in [0.2, 0.25) is 0 Å². The standard InChI is InChI=1S/C23H26N2O4S/c1-28-20-8-7-16(12-21(20)29-2)22(26)25-19(13-17-4-3-9-30-17)23(27)24-18-11-14-5-6-15(18)10-14/h3-4,7-9,12-15,18H,5-6,10-11H2,1-2H3,(H,24,27)(H,25,26)/b19-13-/t14-,15-,18-/m0/s1. The molecule has 0 radical (unpaired) electrons. The van der Waals surface area contributed by atoms with Gasteiger partial charge in [-0.05, 0) is 66.8 Å². The Morgan fingerprint density at radius 3 is 2.57 bits per heavy atom. The molecule has 1 aromatic carbocycles. The predicted octanol–water partition coefficient (Wildman–Crippen LogP) is 3.84. The molecule has 0 unspecified atom stereocenters. The second-order valence-corrected chi connectivity index (χ2v) is 8.83. The summed E-state index contributed by atoms with van der Waals surface area (Å²) in [6, 6.07) is 8.95. The number of amides is 2. The van der Waals surface area contributed by atoms with E-state index in [0.717, 1.165) is 17.2 Å². The molecular formula is C23H26N2O4S. The average Bonchev–Trinajstić information content (AvgIpc) is 3.51. The first-order valence-corrected chi connectivity index (χ1v) is 11.0. The zero-order valence-electron chi connectivity index (χ0n) is 17.1. The van der Waals surface area contributed by atoms with E-state index in [0.29, 0.717) is 23.0 Å². The fourth-order valence-corrected chi connectivity index (χ4v) is 5.17. The van der Waals surface area contributed by atoms with Crippen molar-refractivity contribution in [1.82, 2.24) is 10.6 Å². The summed E-state index contributed by atoms with van der Waals surface area (Å²) in [6.07, 6.45) is 6.41. The van der Waals surface area contributed by atoms with Crippen molar-refractivity contribution in [3.63, 3.8) is 0 Å². The highest BCUT2D eigenvalue weighted by atomic mass is 32.1. The van der Waals surface area contributed by atoms with Crippen LogP contribution < -0.4 is 20.1 Å². The first-order valence-electron chi connectivity index (χ1n) is 10.2. The number of methoxy groups -OCH3 is 2. The van der Waals surface area contributed by atoms with Gasteiger partial charge < -0.3 is 20.1 Å². The van der Waals surface area contributed by atoms with Crippen LogP contribution in [0.4, 0.5) is 0 Å². The molecule has 2 aliphatic rings. The Morgan fingerprint density at radius 1 is 1.10 bits per heavy atom. The molecular weight excluding hydrogens is 400 g/mol. The Morgan fingerprint density at radius 2 is 1.93 bits per heavy atom. The smallest absolute Gasteiger partial charge is 0.268 e. The molecule has 3 atom stereocenters. The molecule has 2 aromatic rings. The summed E-state index contributed by atoms with van der Waals surface area (Å²) in [5.41, 5.74) is 0.637. The third-order valence-electron chi connectivity index (χ3n) is 6.02. The lowest BCUT2D eigenvalue weighted by atomic mass is 9.95. The molecule has 2 aliphatic carbocycles. The number of carbonyl (C=O) groups is 2. The monoisotopic (exact) mass is 426 g/mol. The van der Waals surface area contributed by atoms with E-state index >= 15 is 0 Å². The second-order valence-electron chi connectivity index (χ2n) is 7.85. The lowest BCUT2D eigenvalue weighted by Gasteiger charge is -2.23. The molecule has 2 fully saturated rings. The fourth-order valence-electron chi connectivity index (χ4n) is 4.51. The van der Waals surface area contributed by atoms with Crippen LogP contribution in [0.15, 0.2) is 41.4 Å². The van der Waals surface area contributed by atoms with E-state index in [-0.39, 0.29) is 23.6 Å². The summed E-state index contributed by atoms with van der Waals surface area (Å²) in [4.78, 5) is 26.9. The maximum Gasteiger partial charge on any atom is 0.268 e. The van der Waals surface area contributed by atoms with Crippen LogP contribution in [0.5, 0.6) is 11.5 Å². The van der Waals surface area contributed by atoms with Crippen molar-refractivity contribution in [2.45, 2.75) is 31.7 Å². The third kappa shape index (κ3) is 4.36. The minimum atomic E-state index is -0.373. The summed E-state index contributed by atoms with van der Waals surface area (Å²) in [7, 11) is 3.06. The normalized spacial score (nSPS) is 22.6. The molecule has 2 N–H and O–H groups in total. The van der Waals surface area contributed by atoms with Crippen LogP contribution in [0, 0.1) is 11.8 Å². The highest BCUT2D eigenvalue weighted by molar-refractivity contribution is 7.10. The molecule has 0 spiro atoms. The number of hydrogen-bond donors (Lipinski definition) is 2. The molecule has 1 aromatic heterocycles. The summed E-state index contributed by atoms with van der Waals surface area (Å²) in [5, 5.41) is 7.89. The number of thiophene rings is 1. The van der Waals surface area contributed by atoms with Gasteiger partial charge in [-0.3, -0.25) is 9.59 Å². The number of hydrogen-bond acceptors (Lipinski definition) is 5. The van der Waals surface area contributed by atoms with E-state index < -0.39 is 0 Å². The van der Waals surface area contributed by atoms with Crippen LogP contribution >= 0.6 is 11.3 Å². The lowest BCUT2D eigenvalue weighted by Crippen LogP contribution is -2.42. The highest BCUT2D eigenvalue weighted by Crippen LogP contribution is 2.44. The van der Waals surface area contributed by atoms with Gasteiger partial charge >= 0.3 is 0 Å². The van der Waals surface area contributed by atoms with Crippen LogP contribution in [0.3, 0.4) is 0 Å². The molecule has 158 valence electrons. The van der Waals surface area contributed by atoms with Gasteiger partial charge in [0.05, 0.1) is 14.2 Å². The topological polar surface area (TPSA) is 76.7 Å². The molecule has 2 saturated carbocycles. The Balaban J connectivity index is 1.53. The number of carbonyl (C=O) groups excluding carboxylic acids is 2. The fraction of sp³-hybridized carbons (Fsp3) is 0.391. The maximum atomic E-state index is 13.1. The summed E-state index contributed by atoms with van der Waals surface area (Å²) >= 11 is 1.51. The molecule has 4 rings (SSSR count). The second kappa shape index (κ2) is 8.92. The van der Waals surface area contributed by atoms with Gasteiger partial charge in [-0.2, -0.15) is 0 Å².